The molecule has 86 valence electrons. The zero-order chi connectivity index (χ0) is 12.0. The minimum Gasteiger partial charge on any atom is -0.383 e. The number of hydrogen-bond donors (Lipinski definition) is 1. The fourth-order valence-corrected chi connectivity index (χ4v) is 1.42. The number of halogens is 2. The summed E-state index contributed by atoms with van der Waals surface area (Å²) in [6, 6.07) is 5.56. The van der Waals surface area contributed by atoms with Gasteiger partial charge in [-0.15, -0.1) is 0 Å². The number of nitriles is 1. The molecule has 0 spiro atoms. The van der Waals surface area contributed by atoms with Gasteiger partial charge in [-0.3, -0.25) is 5.32 Å². The van der Waals surface area contributed by atoms with Crippen molar-refractivity contribution in [2.45, 2.75) is 6.04 Å². The molecule has 1 unspecified atom stereocenters. The Balaban J connectivity index is 2.76. The van der Waals surface area contributed by atoms with Crippen molar-refractivity contribution < 1.29 is 9.13 Å². The van der Waals surface area contributed by atoms with Gasteiger partial charge in [-0.2, -0.15) is 5.26 Å². The molecule has 0 saturated carbocycles. The van der Waals surface area contributed by atoms with Crippen molar-refractivity contribution in [2.75, 3.05) is 20.3 Å². The molecule has 0 bridgehead atoms. The topological polar surface area (TPSA) is 45.0 Å². The summed E-state index contributed by atoms with van der Waals surface area (Å²) in [6.07, 6.45) is 0. The molecule has 16 heavy (non-hydrogen) atoms. The maximum Gasteiger partial charge on any atom is 0.130 e. The first-order valence-corrected chi connectivity index (χ1v) is 5.13. The lowest BCUT2D eigenvalue weighted by Crippen LogP contribution is -2.24. The van der Waals surface area contributed by atoms with Crippen LogP contribution in [0, 0.1) is 17.1 Å². The Kier molecular flexibility index (Phi) is 5.20. The van der Waals surface area contributed by atoms with E-state index >= 15 is 0 Å². The van der Waals surface area contributed by atoms with E-state index in [1.54, 1.807) is 13.2 Å². The SMILES string of the molecule is COCCNC(C#N)c1ccc(Cl)cc1F. The van der Waals surface area contributed by atoms with E-state index in [0.29, 0.717) is 23.7 Å². The average Bonchev–Trinajstić information content (AvgIpc) is 2.26. The molecule has 0 fully saturated rings. The maximum atomic E-state index is 13.5. The lowest BCUT2D eigenvalue weighted by Gasteiger charge is -2.12. The Morgan fingerprint density at radius 3 is 2.94 bits per heavy atom. The number of nitrogens with zero attached hydrogens (tertiary/aromatic N) is 1. The van der Waals surface area contributed by atoms with Crippen LogP contribution in [0.25, 0.3) is 0 Å². The molecular weight excluding hydrogens is 231 g/mol. The number of hydrogen-bond acceptors (Lipinski definition) is 3. The summed E-state index contributed by atoms with van der Waals surface area (Å²) in [5.74, 6) is -0.482. The predicted octanol–water partition coefficient (Wildman–Crippen LogP) is 2.28. The van der Waals surface area contributed by atoms with E-state index in [0.717, 1.165) is 0 Å². The standard InChI is InChI=1S/C11H12ClFN2O/c1-16-5-4-15-11(7-14)9-3-2-8(12)6-10(9)13/h2-3,6,11,15H,4-5H2,1H3. The van der Waals surface area contributed by atoms with Gasteiger partial charge in [0.25, 0.3) is 0 Å². The first kappa shape index (κ1) is 12.9. The molecule has 5 heteroatoms. The molecule has 1 atom stereocenters. The molecular formula is C11H12ClFN2O. The van der Waals surface area contributed by atoms with Crippen molar-refractivity contribution in [3.05, 3.63) is 34.6 Å². The van der Waals surface area contributed by atoms with Gasteiger partial charge in [-0.25, -0.2) is 4.39 Å². The smallest absolute Gasteiger partial charge is 0.130 e. The minimum atomic E-state index is -0.688. The van der Waals surface area contributed by atoms with Crippen LogP contribution in [0.3, 0.4) is 0 Å². The van der Waals surface area contributed by atoms with Crippen LogP contribution in [0.15, 0.2) is 18.2 Å². The number of ether oxygens (including phenoxy) is 1. The molecule has 0 aliphatic carbocycles. The highest BCUT2D eigenvalue weighted by molar-refractivity contribution is 6.30. The third-order valence-corrected chi connectivity index (χ3v) is 2.29. The van der Waals surface area contributed by atoms with Crippen LogP contribution < -0.4 is 5.32 Å². The molecule has 0 aliphatic rings. The average molecular weight is 243 g/mol. The van der Waals surface area contributed by atoms with E-state index < -0.39 is 11.9 Å². The molecule has 0 aromatic heterocycles. The predicted molar refractivity (Wildman–Crippen MR) is 59.6 cm³/mol. The molecule has 1 aromatic rings. The third kappa shape index (κ3) is 3.46. The number of benzene rings is 1. The van der Waals surface area contributed by atoms with Crippen molar-refractivity contribution in [3.8, 4) is 6.07 Å². The summed E-state index contributed by atoms with van der Waals surface area (Å²) < 4.78 is 18.3. The highest BCUT2D eigenvalue weighted by Crippen LogP contribution is 2.20. The number of rotatable bonds is 5. The highest BCUT2D eigenvalue weighted by Gasteiger charge is 2.14. The normalized spacial score (nSPS) is 12.1. The van der Waals surface area contributed by atoms with Crippen LogP contribution in [0.4, 0.5) is 4.39 Å². The monoisotopic (exact) mass is 242 g/mol. The van der Waals surface area contributed by atoms with Gasteiger partial charge < -0.3 is 4.74 Å². The van der Waals surface area contributed by atoms with E-state index in [2.05, 4.69) is 5.32 Å². The van der Waals surface area contributed by atoms with Crippen molar-refractivity contribution in [1.82, 2.24) is 5.32 Å². The van der Waals surface area contributed by atoms with Crippen LogP contribution in [-0.2, 0) is 4.74 Å². The van der Waals surface area contributed by atoms with Crippen LogP contribution in [0.1, 0.15) is 11.6 Å². The van der Waals surface area contributed by atoms with E-state index in [-0.39, 0.29) is 0 Å². The largest absolute Gasteiger partial charge is 0.383 e. The summed E-state index contributed by atoms with van der Waals surface area (Å²) in [6.45, 7) is 0.949. The Morgan fingerprint density at radius 1 is 1.62 bits per heavy atom. The molecule has 1 rings (SSSR count). The molecule has 0 amide bonds. The second-order valence-corrected chi connectivity index (χ2v) is 3.61. The number of nitrogens with one attached hydrogen (secondary N) is 1. The van der Waals surface area contributed by atoms with Crippen LogP contribution >= 0.6 is 11.6 Å². The molecule has 3 nitrogen and oxygen atoms in total. The van der Waals surface area contributed by atoms with E-state index in [1.807, 2.05) is 6.07 Å². The summed E-state index contributed by atoms with van der Waals surface area (Å²) in [5, 5.41) is 12.1. The molecule has 0 aliphatic heterocycles. The molecule has 1 aromatic carbocycles. The zero-order valence-electron chi connectivity index (χ0n) is 8.84. The van der Waals surface area contributed by atoms with Crippen molar-refractivity contribution in [2.24, 2.45) is 0 Å². The van der Waals surface area contributed by atoms with Gasteiger partial charge in [-0.1, -0.05) is 17.7 Å². The van der Waals surface area contributed by atoms with Gasteiger partial charge >= 0.3 is 0 Å². The van der Waals surface area contributed by atoms with Crippen molar-refractivity contribution in [3.63, 3.8) is 0 Å². The second kappa shape index (κ2) is 6.44. The summed E-state index contributed by atoms with van der Waals surface area (Å²) in [7, 11) is 1.56. The molecule has 0 saturated heterocycles. The maximum absolute atomic E-state index is 13.5. The summed E-state index contributed by atoms with van der Waals surface area (Å²) >= 11 is 5.63. The van der Waals surface area contributed by atoms with E-state index in [1.165, 1.54) is 12.1 Å². The van der Waals surface area contributed by atoms with Gasteiger partial charge in [0, 0.05) is 24.2 Å². The van der Waals surface area contributed by atoms with E-state index in [4.69, 9.17) is 21.6 Å². The number of methoxy groups -OCH3 is 1. The van der Waals surface area contributed by atoms with Gasteiger partial charge in [0.05, 0.1) is 12.7 Å². The van der Waals surface area contributed by atoms with Gasteiger partial charge in [0.2, 0.25) is 0 Å². The van der Waals surface area contributed by atoms with Crippen LogP contribution in [-0.4, -0.2) is 20.3 Å². The first-order chi connectivity index (χ1) is 7.69. The van der Waals surface area contributed by atoms with Crippen LogP contribution in [0.5, 0.6) is 0 Å². The quantitative estimate of drug-likeness (QED) is 0.806. The molecule has 0 radical (unpaired) electrons. The Morgan fingerprint density at radius 2 is 2.38 bits per heavy atom. The summed E-state index contributed by atoms with van der Waals surface area (Å²) in [5.41, 5.74) is 0.294. The van der Waals surface area contributed by atoms with E-state index in [9.17, 15) is 4.39 Å². The summed E-state index contributed by atoms with van der Waals surface area (Å²) in [4.78, 5) is 0. The van der Waals surface area contributed by atoms with Gasteiger partial charge in [-0.05, 0) is 12.1 Å². The molecule has 0 heterocycles. The van der Waals surface area contributed by atoms with Crippen molar-refractivity contribution >= 4 is 11.6 Å². The fourth-order valence-electron chi connectivity index (χ4n) is 1.27. The Hall–Kier alpha value is -1.15. The second-order valence-electron chi connectivity index (χ2n) is 3.17. The van der Waals surface area contributed by atoms with Crippen LogP contribution in [0.2, 0.25) is 5.02 Å². The fraction of sp³-hybridized carbons (Fsp3) is 0.364. The Labute approximate surface area is 98.8 Å². The first-order valence-electron chi connectivity index (χ1n) is 4.76. The highest BCUT2D eigenvalue weighted by atomic mass is 35.5. The van der Waals surface area contributed by atoms with Gasteiger partial charge in [0.1, 0.15) is 11.9 Å². The zero-order valence-corrected chi connectivity index (χ0v) is 9.59. The minimum absolute atomic E-state index is 0.294. The van der Waals surface area contributed by atoms with Gasteiger partial charge in [0.15, 0.2) is 0 Å². The lowest BCUT2D eigenvalue weighted by molar-refractivity contribution is 0.197. The molecule has 1 N–H and O–H groups in total. The third-order valence-electron chi connectivity index (χ3n) is 2.06. The lowest BCUT2D eigenvalue weighted by atomic mass is 10.1. The van der Waals surface area contributed by atoms with Crippen molar-refractivity contribution in [1.29, 1.82) is 5.26 Å². The Bertz CT molecular complexity index is 392.